The van der Waals surface area contributed by atoms with E-state index in [-0.39, 0.29) is 5.91 Å². The molecule has 7 heteroatoms. The van der Waals surface area contributed by atoms with E-state index >= 15 is 0 Å². The number of rotatable bonds is 7. The van der Waals surface area contributed by atoms with Gasteiger partial charge in [-0.3, -0.25) is 9.69 Å². The molecule has 0 aliphatic carbocycles. The maximum atomic E-state index is 12.4. The van der Waals surface area contributed by atoms with Gasteiger partial charge in [0.2, 0.25) is 0 Å². The van der Waals surface area contributed by atoms with Crippen molar-refractivity contribution in [2.75, 3.05) is 6.54 Å². The van der Waals surface area contributed by atoms with Crippen molar-refractivity contribution < 1.29 is 9.21 Å². The largest absolute Gasteiger partial charge is 0.472 e. The summed E-state index contributed by atoms with van der Waals surface area (Å²) in [6.07, 6.45) is 9.44. The van der Waals surface area contributed by atoms with Crippen molar-refractivity contribution in [1.82, 2.24) is 19.8 Å². The molecule has 0 bridgehead atoms. The molecule has 0 saturated carbocycles. The molecule has 1 atom stereocenters. The molecule has 1 N–H and O–H groups in total. The van der Waals surface area contributed by atoms with Crippen LogP contribution in [0.15, 0.2) is 47.7 Å². The van der Waals surface area contributed by atoms with Crippen LogP contribution < -0.4 is 5.32 Å². The highest BCUT2D eigenvalue weighted by Crippen LogP contribution is 2.36. The van der Waals surface area contributed by atoms with Gasteiger partial charge in [-0.05, 0) is 44.5 Å². The number of hydrogen-bond acceptors (Lipinski definition) is 5. The van der Waals surface area contributed by atoms with Gasteiger partial charge in [0.05, 0.1) is 29.4 Å². The number of amides is 1. The topological polar surface area (TPSA) is 63.3 Å². The van der Waals surface area contributed by atoms with Gasteiger partial charge in [-0.15, -0.1) is 11.3 Å². The van der Waals surface area contributed by atoms with Crippen molar-refractivity contribution in [3.8, 4) is 0 Å². The van der Waals surface area contributed by atoms with E-state index in [9.17, 15) is 4.79 Å². The third-order valence-corrected chi connectivity index (χ3v) is 6.27. The van der Waals surface area contributed by atoms with Crippen molar-refractivity contribution in [3.05, 3.63) is 64.3 Å². The van der Waals surface area contributed by atoms with Crippen molar-refractivity contribution in [2.24, 2.45) is 0 Å². The highest BCUT2D eigenvalue weighted by Gasteiger charge is 2.28. The number of thiophene rings is 1. The zero-order valence-corrected chi connectivity index (χ0v) is 16.2. The molecule has 0 radical (unpaired) electrons. The number of furan rings is 1. The number of likely N-dealkylation sites (tertiary alicyclic amines) is 1. The predicted octanol–water partition coefficient (Wildman–Crippen LogP) is 3.82. The molecule has 1 saturated heterocycles. The van der Waals surface area contributed by atoms with Crippen LogP contribution in [0.25, 0.3) is 0 Å². The van der Waals surface area contributed by atoms with E-state index in [0.717, 1.165) is 36.5 Å². The first-order valence-electron chi connectivity index (χ1n) is 9.36. The fourth-order valence-corrected chi connectivity index (χ4v) is 4.72. The number of carbonyl (C=O) groups excluding carboxylic acids is 1. The Morgan fingerprint density at radius 2 is 2.33 bits per heavy atom. The monoisotopic (exact) mass is 384 g/mol. The Bertz CT molecular complexity index is 884. The molecule has 1 amide bonds. The maximum absolute atomic E-state index is 12.4. The molecule has 142 valence electrons. The molecular weight excluding hydrogens is 360 g/mol. The van der Waals surface area contributed by atoms with Gasteiger partial charge in [-0.1, -0.05) is 0 Å². The first kappa shape index (κ1) is 18.0. The van der Waals surface area contributed by atoms with E-state index in [1.165, 1.54) is 17.0 Å². The quantitative estimate of drug-likeness (QED) is 0.673. The van der Waals surface area contributed by atoms with Gasteiger partial charge in [-0.25, -0.2) is 4.98 Å². The second kappa shape index (κ2) is 8.10. The van der Waals surface area contributed by atoms with Crippen LogP contribution in [-0.2, 0) is 19.6 Å². The van der Waals surface area contributed by atoms with Crippen LogP contribution in [0.4, 0.5) is 0 Å². The van der Waals surface area contributed by atoms with E-state index in [0.29, 0.717) is 12.6 Å². The van der Waals surface area contributed by atoms with Gasteiger partial charge in [0.25, 0.3) is 5.91 Å². The van der Waals surface area contributed by atoms with Crippen LogP contribution in [0, 0.1) is 0 Å². The summed E-state index contributed by atoms with van der Waals surface area (Å²) in [6, 6.07) is 6.29. The minimum atomic E-state index is -0.0268. The van der Waals surface area contributed by atoms with Crippen LogP contribution in [0.3, 0.4) is 0 Å². The Morgan fingerprint density at radius 1 is 1.41 bits per heavy atom. The van der Waals surface area contributed by atoms with Crippen molar-refractivity contribution in [3.63, 3.8) is 0 Å². The second-order valence-electron chi connectivity index (χ2n) is 6.82. The SMILES string of the molecule is CCn1cncc1CN1CCC[C@@H]1c1ccc(C(=O)NCc2ccoc2)s1. The van der Waals surface area contributed by atoms with E-state index < -0.39 is 0 Å². The van der Waals surface area contributed by atoms with Crippen LogP contribution in [0.2, 0.25) is 0 Å². The Kier molecular flexibility index (Phi) is 5.40. The van der Waals surface area contributed by atoms with Crippen molar-refractivity contribution >= 4 is 17.2 Å². The number of aromatic nitrogens is 2. The fraction of sp³-hybridized carbons (Fsp3) is 0.400. The predicted molar refractivity (Wildman–Crippen MR) is 104 cm³/mol. The van der Waals surface area contributed by atoms with Crippen molar-refractivity contribution in [1.29, 1.82) is 0 Å². The van der Waals surface area contributed by atoms with Gasteiger partial charge >= 0.3 is 0 Å². The summed E-state index contributed by atoms with van der Waals surface area (Å²) < 4.78 is 7.23. The summed E-state index contributed by atoms with van der Waals surface area (Å²) in [4.78, 5) is 21.2. The van der Waals surface area contributed by atoms with Gasteiger partial charge < -0.3 is 14.3 Å². The molecule has 27 heavy (non-hydrogen) atoms. The fourth-order valence-electron chi connectivity index (χ4n) is 3.63. The number of hydrogen-bond donors (Lipinski definition) is 1. The Morgan fingerprint density at radius 3 is 3.15 bits per heavy atom. The van der Waals surface area contributed by atoms with Crippen LogP contribution in [0.5, 0.6) is 0 Å². The summed E-state index contributed by atoms with van der Waals surface area (Å²) in [5.41, 5.74) is 2.22. The van der Waals surface area contributed by atoms with Crippen LogP contribution >= 0.6 is 11.3 Å². The van der Waals surface area contributed by atoms with E-state index in [4.69, 9.17) is 4.42 Å². The lowest BCUT2D eigenvalue weighted by Gasteiger charge is -2.23. The zero-order chi connectivity index (χ0) is 18.6. The maximum Gasteiger partial charge on any atom is 0.261 e. The molecule has 1 aliphatic heterocycles. The summed E-state index contributed by atoms with van der Waals surface area (Å²) in [6.45, 7) is 5.55. The Hall–Kier alpha value is -2.38. The zero-order valence-electron chi connectivity index (χ0n) is 15.4. The summed E-state index contributed by atoms with van der Waals surface area (Å²) >= 11 is 1.60. The first-order chi connectivity index (χ1) is 13.2. The Balaban J connectivity index is 1.41. The lowest BCUT2D eigenvalue weighted by atomic mass is 10.2. The van der Waals surface area contributed by atoms with E-state index in [1.807, 2.05) is 24.7 Å². The first-order valence-corrected chi connectivity index (χ1v) is 10.2. The highest BCUT2D eigenvalue weighted by atomic mass is 32.1. The summed E-state index contributed by atoms with van der Waals surface area (Å²) in [7, 11) is 0. The van der Waals surface area contributed by atoms with E-state index in [1.54, 1.807) is 23.9 Å². The number of nitrogens with zero attached hydrogens (tertiary/aromatic N) is 3. The lowest BCUT2D eigenvalue weighted by molar-refractivity contribution is 0.0955. The molecule has 4 heterocycles. The van der Waals surface area contributed by atoms with Gasteiger partial charge in [0, 0.05) is 42.3 Å². The third kappa shape index (κ3) is 3.99. The Labute approximate surface area is 162 Å². The molecule has 4 rings (SSSR count). The lowest BCUT2D eigenvalue weighted by Crippen LogP contribution is -2.23. The van der Waals surface area contributed by atoms with Crippen LogP contribution in [-0.4, -0.2) is 26.9 Å². The molecule has 3 aromatic heterocycles. The normalized spacial score (nSPS) is 17.4. The molecule has 0 spiro atoms. The minimum Gasteiger partial charge on any atom is -0.472 e. The molecule has 0 aromatic carbocycles. The second-order valence-corrected chi connectivity index (χ2v) is 7.93. The standard InChI is InChI=1S/C20H24N4O2S/c1-2-23-14-21-11-16(23)12-24-8-3-4-17(24)18-5-6-19(27-18)20(25)22-10-15-7-9-26-13-15/h5-7,9,11,13-14,17H,2-4,8,10,12H2,1H3,(H,22,25)/t17-/m1/s1. The van der Waals surface area contributed by atoms with Crippen LogP contribution in [0.1, 0.15) is 51.6 Å². The smallest absolute Gasteiger partial charge is 0.261 e. The molecular formula is C20H24N4O2S. The minimum absolute atomic E-state index is 0.0268. The van der Waals surface area contributed by atoms with Gasteiger partial charge in [0.1, 0.15) is 0 Å². The number of aryl methyl sites for hydroxylation is 1. The summed E-state index contributed by atoms with van der Waals surface area (Å²) in [5, 5.41) is 2.95. The number of carbonyl (C=O) groups is 1. The molecule has 6 nitrogen and oxygen atoms in total. The average molecular weight is 385 g/mol. The van der Waals surface area contributed by atoms with E-state index in [2.05, 4.69) is 32.8 Å². The average Bonchev–Trinajstić information content (AvgIpc) is 3.47. The number of nitrogens with one attached hydrogen (secondary N) is 1. The van der Waals surface area contributed by atoms with Gasteiger partial charge in [0.15, 0.2) is 0 Å². The number of imidazole rings is 1. The third-order valence-electron chi connectivity index (χ3n) is 5.08. The molecule has 1 fully saturated rings. The highest BCUT2D eigenvalue weighted by molar-refractivity contribution is 7.14. The van der Waals surface area contributed by atoms with Gasteiger partial charge in [-0.2, -0.15) is 0 Å². The van der Waals surface area contributed by atoms with Crippen molar-refractivity contribution in [2.45, 2.75) is 45.4 Å². The summed E-state index contributed by atoms with van der Waals surface area (Å²) in [5.74, 6) is -0.0268. The molecule has 3 aromatic rings. The molecule has 0 unspecified atom stereocenters. The molecule has 1 aliphatic rings.